The molecule has 3 heterocycles. The smallest absolute Gasteiger partial charge is 0.182 e. The van der Waals surface area contributed by atoms with Crippen LogP contribution >= 0.6 is 0 Å². The fourth-order valence-corrected chi connectivity index (χ4v) is 3.32. The van der Waals surface area contributed by atoms with E-state index in [4.69, 9.17) is 4.98 Å². The first-order valence-electron chi connectivity index (χ1n) is 8.45. The maximum absolute atomic E-state index is 13.6. The summed E-state index contributed by atoms with van der Waals surface area (Å²) in [6.45, 7) is 4.60. The van der Waals surface area contributed by atoms with Gasteiger partial charge < -0.3 is 14.3 Å². The Balaban J connectivity index is 1.73. The molecule has 1 atom stereocenters. The minimum absolute atomic E-state index is 0.201. The number of fused-ring (bicyclic) bond motifs is 1. The lowest BCUT2D eigenvalue weighted by molar-refractivity contribution is -0.109. The Morgan fingerprint density at radius 1 is 1.27 bits per heavy atom. The van der Waals surface area contributed by atoms with Gasteiger partial charge in [0.25, 0.3) is 0 Å². The first kappa shape index (κ1) is 16.4. The summed E-state index contributed by atoms with van der Waals surface area (Å²) in [7, 11) is 0. The second kappa shape index (κ2) is 6.33. The van der Waals surface area contributed by atoms with Crippen molar-refractivity contribution < 1.29 is 9.18 Å². The molecule has 0 aliphatic carbocycles. The summed E-state index contributed by atoms with van der Waals surface area (Å²) >= 11 is 0. The van der Waals surface area contributed by atoms with Crippen molar-refractivity contribution in [2.75, 3.05) is 4.90 Å². The van der Waals surface area contributed by atoms with Crippen molar-refractivity contribution in [1.29, 1.82) is 0 Å². The topological polar surface area (TPSA) is 63.9 Å². The van der Waals surface area contributed by atoms with Gasteiger partial charge in [-0.1, -0.05) is 12.1 Å². The number of aromatic nitrogens is 4. The van der Waals surface area contributed by atoms with Gasteiger partial charge in [-0.15, -0.1) is 10.2 Å². The molecule has 4 rings (SSSR count). The van der Waals surface area contributed by atoms with E-state index in [-0.39, 0.29) is 11.9 Å². The first-order chi connectivity index (χ1) is 12.6. The quantitative estimate of drug-likeness (QED) is 0.675. The largest absolute Gasteiger partial charge is 0.338 e. The van der Waals surface area contributed by atoms with Crippen LogP contribution in [0.3, 0.4) is 0 Å². The minimum atomic E-state index is -0.550. The maximum Gasteiger partial charge on any atom is 0.182 e. The molecule has 1 aliphatic rings. The Hall–Kier alpha value is -3.09. The summed E-state index contributed by atoms with van der Waals surface area (Å²) < 4.78 is 15.5. The van der Waals surface area contributed by atoms with Crippen molar-refractivity contribution in [1.82, 2.24) is 19.7 Å². The molecule has 0 saturated carbocycles. The number of hydrogen-bond donors (Lipinski definition) is 0. The highest BCUT2D eigenvalue weighted by atomic mass is 19.1. The van der Waals surface area contributed by atoms with Crippen molar-refractivity contribution >= 4 is 12.1 Å². The molecule has 0 N–H and O–H groups in total. The third-order valence-corrected chi connectivity index (χ3v) is 4.62. The molecule has 2 aromatic heterocycles. The molecule has 1 unspecified atom stereocenters. The van der Waals surface area contributed by atoms with Gasteiger partial charge in [0.05, 0.1) is 0 Å². The van der Waals surface area contributed by atoms with Crippen LogP contribution in [0.4, 0.5) is 10.2 Å². The number of anilines is 1. The van der Waals surface area contributed by atoms with Gasteiger partial charge in [0.15, 0.2) is 5.82 Å². The summed E-state index contributed by atoms with van der Waals surface area (Å²) in [5.41, 5.74) is 2.30. The molecule has 0 bridgehead atoms. The van der Waals surface area contributed by atoms with E-state index in [0.29, 0.717) is 29.4 Å². The monoisotopic (exact) mass is 351 g/mol. The summed E-state index contributed by atoms with van der Waals surface area (Å²) in [5, 5.41) is 8.16. The molecule has 26 heavy (non-hydrogen) atoms. The third-order valence-electron chi connectivity index (χ3n) is 4.62. The second-order valence-corrected chi connectivity index (χ2v) is 6.59. The van der Waals surface area contributed by atoms with E-state index in [0.717, 1.165) is 11.8 Å². The molecular weight excluding hydrogens is 333 g/mol. The fraction of sp³-hybridized carbons (Fsp3) is 0.263. The Kier molecular flexibility index (Phi) is 3.99. The zero-order chi connectivity index (χ0) is 18.3. The van der Waals surface area contributed by atoms with Crippen LogP contribution in [0.5, 0.6) is 0 Å². The predicted molar refractivity (Wildman–Crippen MR) is 95.0 cm³/mol. The molecule has 0 spiro atoms. The zero-order valence-corrected chi connectivity index (χ0v) is 14.5. The highest BCUT2D eigenvalue weighted by Crippen LogP contribution is 2.36. The molecule has 1 aromatic carbocycles. The summed E-state index contributed by atoms with van der Waals surface area (Å²) in [4.78, 5) is 18.3. The summed E-state index contributed by atoms with van der Waals surface area (Å²) in [6, 6.07) is 9.80. The maximum atomic E-state index is 13.6. The molecule has 3 aromatic rings. The van der Waals surface area contributed by atoms with E-state index >= 15 is 0 Å². The molecule has 0 amide bonds. The van der Waals surface area contributed by atoms with Crippen molar-refractivity contribution in [3.63, 3.8) is 0 Å². The van der Waals surface area contributed by atoms with Crippen molar-refractivity contribution in [2.45, 2.75) is 32.5 Å². The molecular formula is C19H18FN5O. The van der Waals surface area contributed by atoms with Crippen LogP contribution in [0.2, 0.25) is 0 Å². The second-order valence-electron chi connectivity index (χ2n) is 6.59. The molecule has 1 aliphatic heterocycles. The highest BCUT2D eigenvalue weighted by Gasteiger charge is 2.31. The van der Waals surface area contributed by atoms with E-state index < -0.39 is 6.04 Å². The van der Waals surface area contributed by atoms with Crippen LogP contribution < -0.4 is 4.90 Å². The number of nitrogens with zero attached hydrogens (tertiary/aromatic N) is 5. The number of carbonyl (C=O) groups is 1. The summed E-state index contributed by atoms with van der Waals surface area (Å²) in [5.74, 6) is 0.978. The van der Waals surface area contributed by atoms with Gasteiger partial charge in [-0.2, -0.15) is 0 Å². The third kappa shape index (κ3) is 2.65. The lowest BCUT2D eigenvalue weighted by Gasteiger charge is -2.22. The highest BCUT2D eigenvalue weighted by molar-refractivity contribution is 5.72. The molecule has 0 fully saturated rings. The Morgan fingerprint density at radius 3 is 2.88 bits per heavy atom. The molecule has 7 heteroatoms. The van der Waals surface area contributed by atoms with Crippen molar-refractivity contribution in [3.8, 4) is 11.5 Å². The first-order valence-corrected chi connectivity index (χ1v) is 8.45. The lowest BCUT2D eigenvalue weighted by atomic mass is 10.1. The van der Waals surface area contributed by atoms with E-state index in [1.165, 1.54) is 12.1 Å². The Morgan fingerprint density at radius 2 is 2.12 bits per heavy atom. The van der Waals surface area contributed by atoms with Gasteiger partial charge in [-0.25, -0.2) is 9.37 Å². The molecule has 0 saturated heterocycles. The molecule has 132 valence electrons. The number of benzene rings is 1. The zero-order valence-electron chi connectivity index (χ0n) is 14.5. The van der Waals surface area contributed by atoms with Gasteiger partial charge in [0.2, 0.25) is 0 Å². The van der Waals surface area contributed by atoms with Gasteiger partial charge in [0, 0.05) is 12.6 Å². The fourth-order valence-electron chi connectivity index (χ4n) is 3.32. The lowest BCUT2D eigenvalue weighted by Crippen LogP contribution is -2.23. The van der Waals surface area contributed by atoms with E-state index in [2.05, 4.69) is 10.2 Å². The van der Waals surface area contributed by atoms with E-state index in [1.54, 1.807) is 12.4 Å². The van der Waals surface area contributed by atoms with Crippen LogP contribution in [-0.4, -0.2) is 26.0 Å². The number of aldehydes is 1. The number of halogens is 1. The molecule has 0 radical (unpaired) electrons. The summed E-state index contributed by atoms with van der Waals surface area (Å²) in [6.07, 6.45) is 2.51. The van der Waals surface area contributed by atoms with Gasteiger partial charge in [-0.3, -0.25) is 0 Å². The number of carbonyl (C=O) groups excluding carboxylic acids is 1. The van der Waals surface area contributed by atoms with Crippen LogP contribution in [0.15, 0.2) is 42.7 Å². The number of rotatable bonds is 4. The molecule has 6 nitrogen and oxygen atoms in total. The van der Waals surface area contributed by atoms with Crippen LogP contribution in [0.25, 0.3) is 11.5 Å². The van der Waals surface area contributed by atoms with E-state index in [1.807, 2.05) is 41.5 Å². The number of hydrogen-bond acceptors (Lipinski definition) is 5. The SMILES string of the molecule is CC(C)n1cnnc1-c1cccc(N2Cc3ccc(F)cc3C2C=O)n1. The van der Waals surface area contributed by atoms with Gasteiger partial charge >= 0.3 is 0 Å². The predicted octanol–water partition coefficient (Wildman–Crippen LogP) is 3.32. The van der Waals surface area contributed by atoms with Gasteiger partial charge in [0.1, 0.15) is 36.0 Å². The average Bonchev–Trinajstić information content (AvgIpc) is 3.26. The number of pyridine rings is 1. The van der Waals surface area contributed by atoms with Gasteiger partial charge in [-0.05, 0) is 49.2 Å². The average molecular weight is 351 g/mol. The van der Waals surface area contributed by atoms with Crippen molar-refractivity contribution in [3.05, 3.63) is 59.7 Å². The normalized spacial score (nSPS) is 16.2. The minimum Gasteiger partial charge on any atom is -0.338 e. The Labute approximate surface area is 150 Å². The Bertz CT molecular complexity index is 968. The van der Waals surface area contributed by atoms with Crippen LogP contribution in [0, 0.1) is 5.82 Å². The van der Waals surface area contributed by atoms with Crippen molar-refractivity contribution in [2.24, 2.45) is 0 Å². The standard InChI is InChI=1S/C19H18FN5O/c1-12(2)25-11-21-23-19(25)16-4-3-5-18(22-16)24-9-13-6-7-14(20)8-15(13)17(24)10-26/h3-8,10-12,17H,9H2,1-2H3. The van der Waals surface area contributed by atoms with Crippen LogP contribution in [0.1, 0.15) is 37.1 Å². The van der Waals surface area contributed by atoms with E-state index in [9.17, 15) is 9.18 Å². The van der Waals surface area contributed by atoms with Crippen LogP contribution in [-0.2, 0) is 11.3 Å².